The maximum absolute atomic E-state index is 5.51. The van der Waals surface area contributed by atoms with E-state index in [1.54, 1.807) is 6.33 Å². The van der Waals surface area contributed by atoms with Crippen molar-refractivity contribution in [3.8, 4) is 0 Å². The van der Waals surface area contributed by atoms with Crippen molar-refractivity contribution in [3.05, 3.63) is 11.9 Å². The zero-order valence-corrected chi connectivity index (χ0v) is 13.5. The third-order valence-electron chi connectivity index (χ3n) is 3.45. The summed E-state index contributed by atoms with van der Waals surface area (Å²) in [6, 6.07) is 0. The Labute approximate surface area is 123 Å². The second kappa shape index (κ2) is 8.04. The number of hydrazine groups is 1. The summed E-state index contributed by atoms with van der Waals surface area (Å²) < 4.78 is 0. The zero-order valence-electron chi connectivity index (χ0n) is 13.5. The first kappa shape index (κ1) is 16.7. The molecule has 5 heteroatoms. The van der Waals surface area contributed by atoms with E-state index < -0.39 is 0 Å². The van der Waals surface area contributed by atoms with Gasteiger partial charge in [-0.15, -0.1) is 0 Å². The Morgan fingerprint density at radius 2 is 1.65 bits per heavy atom. The summed E-state index contributed by atoms with van der Waals surface area (Å²) in [5.41, 5.74) is 3.66. The summed E-state index contributed by atoms with van der Waals surface area (Å²) in [7, 11) is 0. The largest absolute Gasteiger partial charge is 0.356 e. The maximum atomic E-state index is 5.51. The average molecular weight is 279 g/mol. The van der Waals surface area contributed by atoms with Crippen molar-refractivity contribution in [2.24, 2.45) is 17.7 Å². The predicted molar refractivity (Wildman–Crippen MR) is 85.7 cm³/mol. The van der Waals surface area contributed by atoms with E-state index in [2.05, 4.69) is 48.0 Å². The van der Waals surface area contributed by atoms with Gasteiger partial charge in [0.05, 0.1) is 0 Å². The summed E-state index contributed by atoms with van der Waals surface area (Å²) in [6.07, 6.45) is 3.90. The van der Waals surface area contributed by atoms with Gasteiger partial charge in [0.15, 0.2) is 0 Å². The molecule has 0 radical (unpaired) electrons. The minimum Gasteiger partial charge on any atom is -0.356 e. The fourth-order valence-electron chi connectivity index (χ4n) is 2.06. The first-order chi connectivity index (χ1) is 9.45. The summed E-state index contributed by atoms with van der Waals surface area (Å²) in [6.45, 7) is 13.1. The minimum atomic E-state index is 0.686. The van der Waals surface area contributed by atoms with Crippen LogP contribution in [-0.4, -0.2) is 23.1 Å². The normalized spacial score (nSPS) is 11.2. The van der Waals surface area contributed by atoms with Gasteiger partial charge in [-0.1, -0.05) is 27.7 Å². The van der Waals surface area contributed by atoms with Crippen LogP contribution in [0.4, 0.5) is 11.6 Å². The van der Waals surface area contributed by atoms with Crippen LogP contribution in [0.15, 0.2) is 6.33 Å². The number of anilines is 2. The second-order valence-corrected chi connectivity index (χ2v) is 6.17. The van der Waals surface area contributed by atoms with E-state index >= 15 is 0 Å². The number of aromatic nitrogens is 2. The van der Waals surface area contributed by atoms with E-state index in [4.69, 9.17) is 5.84 Å². The summed E-state index contributed by atoms with van der Waals surface area (Å²) in [5.74, 6) is 8.57. The fourth-order valence-corrected chi connectivity index (χ4v) is 2.06. The van der Waals surface area contributed by atoms with E-state index in [1.165, 1.54) is 0 Å². The zero-order chi connectivity index (χ0) is 15.1. The molecule has 20 heavy (non-hydrogen) atoms. The van der Waals surface area contributed by atoms with Crippen molar-refractivity contribution in [2.75, 3.05) is 23.4 Å². The molecule has 0 bridgehead atoms. The van der Waals surface area contributed by atoms with Crippen molar-refractivity contribution in [3.63, 3.8) is 0 Å². The van der Waals surface area contributed by atoms with Gasteiger partial charge >= 0.3 is 0 Å². The molecule has 114 valence electrons. The monoisotopic (exact) mass is 279 g/mol. The average Bonchev–Trinajstić information content (AvgIpc) is 2.39. The molecule has 0 unspecified atom stereocenters. The fraction of sp³-hybridized carbons (Fsp3) is 0.733. The molecular formula is C15H29N5. The van der Waals surface area contributed by atoms with Crippen LogP contribution in [0, 0.1) is 18.8 Å². The number of nitrogens with zero attached hydrogens (tertiary/aromatic N) is 3. The Hall–Kier alpha value is -1.36. The molecule has 3 N–H and O–H groups in total. The molecule has 1 aromatic heterocycles. The minimum absolute atomic E-state index is 0.686. The summed E-state index contributed by atoms with van der Waals surface area (Å²) in [5, 5.41) is 0. The van der Waals surface area contributed by atoms with Crippen LogP contribution in [0.1, 0.15) is 46.1 Å². The Balaban J connectivity index is 2.90. The lowest BCUT2D eigenvalue weighted by atomic mass is 10.1. The molecule has 0 atom stereocenters. The maximum Gasteiger partial charge on any atom is 0.148 e. The molecule has 5 nitrogen and oxygen atoms in total. The van der Waals surface area contributed by atoms with E-state index in [9.17, 15) is 0 Å². The van der Waals surface area contributed by atoms with Gasteiger partial charge in [0.25, 0.3) is 0 Å². The van der Waals surface area contributed by atoms with Crippen molar-refractivity contribution >= 4 is 11.6 Å². The van der Waals surface area contributed by atoms with Gasteiger partial charge in [-0.3, -0.25) is 0 Å². The Kier molecular flexibility index (Phi) is 6.71. The number of nitrogens with one attached hydrogen (secondary N) is 1. The molecular weight excluding hydrogens is 250 g/mol. The van der Waals surface area contributed by atoms with Crippen LogP contribution in [0.2, 0.25) is 0 Å². The van der Waals surface area contributed by atoms with Crippen LogP contribution in [0.5, 0.6) is 0 Å². The summed E-state index contributed by atoms with van der Waals surface area (Å²) in [4.78, 5) is 11.0. The molecule has 0 aliphatic heterocycles. The highest BCUT2D eigenvalue weighted by Gasteiger charge is 2.14. The van der Waals surface area contributed by atoms with Crippen LogP contribution >= 0.6 is 0 Å². The molecule has 1 rings (SSSR count). The Morgan fingerprint density at radius 1 is 1.10 bits per heavy atom. The van der Waals surface area contributed by atoms with Crippen molar-refractivity contribution in [1.82, 2.24) is 9.97 Å². The number of rotatable bonds is 8. The van der Waals surface area contributed by atoms with Crippen molar-refractivity contribution < 1.29 is 0 Å². The van der Waals surface area contributed by atoms with Gasteiger partial charge in [0.2, 0.25) is 0 Å². The van der Waals surface area contributed by atoms with Gasteiger partial charge in [-0.25, -0.2) is 15.8 Å². The van der Waals surface area contributed by atoms with Gasteiger partial charge in [-0.05, 0) is 31.6 Å². The number of hydrogen-bond acceptors (Lipinski definition) is 5. The quantitative estimate of drug-likeness (QED) is 0.565. The van der Waals surface area contributed by atoms with Crippen molar-refractivity contribution in [2.45, 2.75) is 47.5 Å². The molecule has 0 saturated carbocycles. The van der Waals surface area contributed by atoms with Crippen LogP contribution in [0.25, 0.3) is 0 Å². The first-order valence-electron chi connectivity index (χ1n) is 7.48. The van der Waals surface area contributed by atoms with E-state index in [0.717, 1.165) is 37.3 Å². The third-order valence-corrected chi connectivity index (χ3v) is 3.45. The van der Waals surface area contributed by atoms with Crippen LogP contribution < -0.4 is 16.2 Å². The second-order valence-electron chi connectivity index (χ2n) is 6.17. The lowest BCUT2D eigenvalue weighted by Gasteiger charge is -2.27. The van der Waals surface area contributed by atoms with E-state index in [0.29, 0.717) is 17.7 Å². The molecule has 1 heterocycles. The van der Waals surface area contributed by atoms with Gasteiger partial charge < -0.3 is 10.3 Å². The Morgan fingerprint density at radius 3 is 2.10 bits per heavy atom. The highest BCUT2D eigenvalue weighted by molar-refractivity contribution is 5.57. The highest BCUT2D eigenvalue weighted by atomic mass is 15.3. The lowest BCUT2D eigenvalue weighted by molar-refractivity contribution is 0.532. The predicted octanol–water partition coefficient (Wildman–Crippen LogP) is 2.97. The lowest BCUT2D eigenvalue weighted by Crippen LogP contribution is -2.29. The third kappa shape index (κ3) is 4.96. The van der Waals surface area contributed by atoms with E-state index in [-0.39, 0.29) is 0 Å². The van der Waals surface area contributed by atoms with Crippen molar-refractivity contribution in [1.29, 1.82) is 0 Å². The summed E-state index contributed by atoms with van der Waals surface area (Å²) >= 11 is 0. The molecule has 0 saturated heterocycles. The standard InChI is InChI=1S/C15H29N5/c1-11(2)6-8-20(9-7-12(3)4)15-13(5)14(19-16)17-10-18-15/h10-12H,6-9,16H2,1-5H3,(H,17,18,19). The van der Waals surface area contributed by atoms with Gasteiger partial charge in [-0.2, -0.15) is 0 Å². The molecule has 1 aromatic rings. The number of hydrogen-bond donors (Lipinski definition) is 2. The molecule has 0 aliphatic rings. The SMILES string of the molecule is Cc1c(NN)ncnc1N(CCC(C)C)CCC(C)C. The smallest absolute Gasteiger partial charge is 0.148 e. The molecule has 0 amide bonds. The topological polar surface area (TPSA) is 67.1 Å². The van der Waals surface area contributed by atoms with Gasteiger partial charge in [0, 0.05) is 18.7 Å². The molecule has 0 aliphatic carbocycles. The van der Waals surface area contributed by atoms with Crippen LogP contribution in [0.3, 0.4) is 0 Å². The number of nitrogens with two attached hydrogens (primary N) is 1. The van der Waals surface area contributed by atoms with E-state index in [1.807, 2.05) is 6.92 Å². The molecule has 0 fully saturated rings. The first-order valence-corrected chi connectivity index (χ1v) is 7.48. The van der Waals surface area contributed by atoms with Gasteiger partial charge in [0.1, 0.15) is 18.0 Å². The molecule has 0 aromatic carbocycles. The van der Waals surface area contributed by atoms with Crippen LogP contribution in [-0.2, 0) is 0 Å². The molecule has 0 spiro atoms. The highest BCUT2D eigenvalue weighted by Crippen LogP contribution is 2.23. The number of nitrogen functional groups attached to an aromatic ring is 1. The Bertz CT molecular complexity index is 391.